The van der Waals surface area contributed by atoms with Gasteiger partial charge in [-0.15, -0.1) is 0 Å². The van der Waals surface area contributed by atoms with E-state index in [-0.39, 0.29) is 11.6 Å². The van der Waals surface area contributed by atoms with Crippen LogP contribution in [0.5, 0.6) is 0 Å². The molecule has 1 heterocycles. The van der Waals surface area contributed by atoms with Gasteiger partial charge in [0, 0.05) is 24.0 Å². The molecule has 0 aliphatic rings. The maximum Gasteiger partial charge on any atom is 0.129 e. The second kappa shape index (κ2) is 5.73. The van der Waals surface area contributed by atoms with Crippen LogP contribution in [0.3, 0.4) is 0 Å². The fourth-order valence-corrected chi connectivity index (χ4v) is 1.77. The average Bonchev–Trinajstić information content (AvgIpc) is 2.84. The summed E-state index contributed by atoms with van der Waals surface area (Å²) >= 11 is 0. The van der Waals surface area contributed by atoms with E-state index in [9.17, 15) is 8.78 Å². The monoisotopic (exact) mass is 251 g/mol. The molecular formula is C13H15F2N3. The van der Waals surface area contributed by atoms with Gasteiger partial charge >= 0.3 is 0 Å². The zero-order valence-corrected chi connectivity index (χ0v) is 10.1. The van der Waals surface area contributed by atoms with E-state index in [0.29, 0.717) is 13.0 Å². The molecule has 0 bridgehead atoms. The lowest BCUT2D eigenvalue weighted by atomic mass is 10.1. The van der Waals surface area contributed by atoms with E-state index in [1.54, 1.807) is 12.4 Å². The van der Waals surface area contributed by atoms with Crippen LogP contribution in [-0.4, -0.2) is 16.0 Å². The van der Waals surface area contributed by atoms with Gasteiger partial charge in [0.1, 0.15) is 17.5 Å². The van der Waals surface area contributed by atoms with E-state index in [1.807, 2.05) is 6.92 Å². The molecule has 0 radical (unpaired) electrons. The zero-order chi connectivity index (χ0) is 13.0. The van der Waals surface area contributed by atoms with Gasteiger partial charge in [0.25, 0.3) is 0 Å². The lowest BCUT2D eigenvalue weighted by molar-refractivity contribution is 0.495. The largest absolute Gasteiger partial charge is 0.348 e. The zero-order valence-electron chi connectivity index (χ0n) is 10.1. The van der Waals surface area contributed by atoms with Gasteiger partial charge in [-0.05, 0) is 25.5 Å². The summed E-state index contributed by atoms with van der Waals surface area (Å²) < 4.78 is 26.9. The van der Waals surface area contributed by atoms with Crippen molar-refractivity contribution >= 4 is 0 Å². The molecule has 1 aromatic heterocycles. The van der Waals surface area contributed by atoms with Gasteiger partial charge in [0.15, 0.2) is 0 Å². The van der Waals surface area contributed by atoms with E-state index in [2.05, 4.69) is 15.3 Å². The quantitative estimate of drug-likeness (QED) is 0.856. The summed E-state index contributed by atoms with van der Waals surface area (Å²) in [5.74, 6) is -0.195. The number of aromatic amines is 1. The van der Waals surface area contributed by atoms with Crippen LogP contribution in [0.2, 0.25) is 0 Å². The molecule has 2 rings (SSSR count). The highest BCUT2D eigenvalue weighted by Crippen LogP contribution is 2.14. The summed E-state index contributed by atoms with van der Waals surface area (Å²) in [5, 5.41) is 3.16. The maximum atomic E-state index is 13.4. The maximum absolute atomic E-state index is 13.4. The SMILES string of the molecule is CC(Cc1c(F)cccc1F)NCc1ncc[nH]1. The summed E-state index contributed by atoms with van der Waals surface area (Å²) in [6.45, 7) is 2.43. The highest BCUT2D eigenvalue weighted by Gasteiger charge is 2.12. The van der Waals surface area contributed by atoms with Crippen LogP contribution in [0.4, 0.5) is 8.78 Å². The van der Waals surface area contributed by atoms with Crippen molar-refractivity contribution in [1.82, 2.24) is 15.3 Å². The van der Waals surface area contributed by atoms with Crippen molar-refractivity contribution in [3.05, 3.63) is 53.6 Å². The molecule has 0 spiro atoms. The molecule has 0 aliphatic heterocycles. The molecule has 96 valence electrons. The minimum absolute atomic E-state index is 0.0403. The molecule has 3 nitrogen and oxygen atoms in total. The number of nitrogens with zero attached hydrogens (tertiary/aromatic N) is 1. The number of H-pyrrole nitrogens is 1. The van der Waals surface area contributed by atoms with Crippen LogP contribution in [-0.2, 0) is 13.0 Å². The molecule has 0 amide bonds. The Balaban J connectivity index is 1.92. The van der Waals surface area contributed by atoms with E-state index >= 15 is 0 Å². The summed E-state index contributed by atoms with van der Waals surface area (Å²) in [7, 11) is 0. The van der Waals surface area contributed by atoms with Gasteiger partial charge in [0.05, 0.1) is 6.54 Å². The molecule has 2 N–H and O–H groups in total. The Morgan fingerprint density at radius 2 is 2.06 bits per heavy atom. The molecule has 0 saturated heterocycles. The summed E-state index contributed by atoms with van der Waals surface area (Å²) in [6, 6.07) is 3.88. The Bertz CT molecular complexity index is 477. The Morgan fingerprint density at radius 3 is 2.67 bits per heavy atom. The van der Waals surface area contributed by atoms with Crippen molar-refractivity contribution in [2.24, 2.45) is 0 Å². The lowest BCUT2D eigenvalue weighted by Gasteiger charge is -2.14. The van der Waals surface area contributed by atoms with Gasteiger partial charge in [-0.25, -0.2) is 13.8 Å². The van der Waals surface area contributed by atoms with Crippen molar-refractivity contribution in [3.63, 3.8) is 0 Å². The van der Waals surface area contributed by atoms with Crippen LogP contribution < -0.4 is 5.32 Å². The number of imidazole rings is 1. The molecule has 0 aliphatic carbocycles. The second-order valence-electron chi connectivity index (χ2n) is 4.22. The van der Waals surface area contributed by atoms with Gasteiger partial charge in [-0.2, -0.15) is 0 Å². The third-order valence-electron chi connectivity index (χ3n) is 2.74. The number of aromatic nitrogens is 2. The summed E-state index contributed by atoms with van der Waals surface area (Å²) in [4.78, 5) is 7.02. The lowest BCUT2D eigenvalue weighted by Crippen LogP contribution is -2.28. The van der Waals surface area contributed by atoms with E-state index in [1.165, 1.54) is 18.2 Å². The minimum Gasteiger partial charge on any atom is -0.348 e. The molecule has 2 aromatic rings. The highest BCUT2D eigenvalue weighted by molar-refractivity contribution is 5.20. The normalized spacial score (nSPS) is 12.6. The van der Waals surface area contributed by atoms with Crippen LogP contribution in [0.25, 0.3) is 0 Å². The third kappa shape index (κ3) is 3.13. The smallest absolute Gasteiger partial charge is 0.129 e. The number of hydrogen-bond donors (Lipinski definition) is 2. The van der Waals surface area contributed by atoms with Gasteiger partial charge < -0.3 is 10.3 Å². The predicted octanol–water partition coefficient (Wildman–Crippen LogP) is 2.41. The van der Waals surface area contributed by atoms with Crippen molar-refractivity contribution in [1.29, 1.82) is 0 Å². The first-order valence-corrected chi connectivity index (χ1v) is 5.81. The molecule has 5 heteroatoms. The number of benzene rings is 1. The topological polar surface area (TPSA) is 40.7 Å². The number of nitrogens with one attached hydrogen (secondary N) is 2. The summed E-state index contributed by atoms with van der Waals surface area (Å²) in [5.41, 5.74) is 0.122. The van der Waals surface area contributed by atoms with Crippen molar-refractivity contribution in [2.75, 3.05) is 0 Å². The van der Waals surface area contributed by atoms with Crippen LogP contribution in [0.15, 0.2) is 30.6 Å². The van der Waals surface area contributed by atoms with E-state index in [4.69, 9.17) is 0 Å². The van der Waals surface area contributed by atoms with Crippen LogP contribution in [0, 0.1) is 11.6 Å². The van der Waals surface area contributed by atoms with Crippen LogP contribution in [0.1, 0.15) is 18.3 Å². The second-order valence-corrected chi connectivity index (χ2v) is 4.22. The minimum atomic E-state index is -0.498. The number of halogens is 2. The number of rotatable bonds is 5. The Morgan fingerprint density at radius 1 is 1.33 bits per heavy atom. The Hall–Kier alpha value is -1.75. The fourth-order valence-electron chi connectivity index (χ4n) is 1.77. The Labute approximate surface area is 104 Å². The molecule has 0 saturated carbocycles. The Kier molecular flexibility index (Phi) is 4.04. The van der Waals surface area contributed by atoms with Crippen molar-refractivity contribution in [2.45, 2.75) is 25.9 Å². The molecule has 18 heavy (non-hydrogen) atoms. The first kappa shape index (κ1) is 12.7. The average molecular weight is 251 g/mol. The molecule has 1 aromatic carbocycles. The molecule has 1 unspecified atom stereocenters. The highest BCUT2D eigenvalue weighted by atomic mass is 19.1. The van der Waals surface area contributed by atoms with E-state index in [0.717, 1.165) is 5.82 Å². The third-order valence-corrected chi connectivity index (χ3v) is 2.74. The first-order valence-electron chi connectivity index (χ1n) is 5.81. The first-order chi connectivity index (χ1) is 8.66. The van der Waals surface area contributed by atoms with Crippen molar-refractivity contribution in [3.8, 4) is 0 Å². The van der Waals surface area contributed by atoms with Gasteiger partial charge in [-0.1, -0.05) is 6.07 Å². The standard InChI is InChI=1S/C13H15F2N3/c1-9(18-8-13-16-5-6-17-13)7-10-11(14)3-2-4-12(10)15/h2-6,9,18H,7-8H2,1H3,(H,16,17). The van der Waals surface area contributed by atoms with Gasteiger partial charge in [-0.3, -0.25) is 0 Å². The van der Waals surface area contributed by atoms with Crippen LogP contribution >= 0.6 is 0 Å². The summed E-state index contributed by atoms with van der Waals surface area (Å²) in [6.07, 6.45) is 3.70. The van der Waals surface area contributed by atoms with Gasteiger partial charge in [0.2, 0.25) is 0 Å². The fraction of sp³-hybridized carbons (Fsp3) is 0.308. The number of hydrogen-bond acceptors (Lipinski definition) is 2. The molecule has 0 fully saturated rings. The van der Waals surface area contributed by atoms with Crippen molar-refractivity contribution < 1.29 is 8.78 Å². The molecule has 1 atom stereocenters. The van der Waals surface area contributed by atoms with E-state index < -0.39 is 11.6 Å². The predicted molar refractivity (Wildman–Crippen MR) is 65.0 cm³/mol. The molecular weight excluding hydrogens is 236 g/mol.